The molecule has 104 valence electrons. The zero-order valence-electron chi connectivity index (χ0n) is 11.5. The minimum atomic E-state index is -0.0754. The van der Waals surface area contributed by atoms with Gasteiger partial charge < -0.3 is 10.4 Å². The van der Waals surface area contributed by atoms with Crippen LogP contribution < -0.4 is 5.32 Å². The van der Waals surface area contributed by atoms with Crippen molar-refractivity contribution in [2.75, 3.05) is 6.61 Å². The molecule has 0 bridgehead atoms. The standard InChI is InChI=1S/C16H18N2OS/c1-2-12-3-5-14(6-4-12)16(10-19)18-9-15-7-13(8-17)11-20-15/h3-7,11,16,18-19H,2,9-10H2,1H3. The molecule has 20 heavy (non-hydrogen) atoms. The van der Waals surface area contributed by atoms with Crippen molar-refractivity contribution in [2.45, 2.75) is 25.9 Å². The minimum Gasteiger partial charge on any atom is -0.394 e. The number of nitriles is 1. The van der Waals surface area contributed by atoms with Gasteiger partial charge in [-0.05, 0) is 23.6 Å². The predicted molar refractivity (Wildman–Crippen MR) is 81.5 cm³/mol. The first kappa shape index (κ1) is 14.7. The van der Waals surface area contributed by atoms with Crippen LogP contribution in [0, 0.1) is 11.3 Å². The molecule has 0 aliphatic heterocycles. The molecule has 0 amide bonds. The second-order valence-corrected chi connectivity index (χ2v) is 5.62. The van der Waals surface area contributed by atoms with Gasteiger partial charge in [-0.25, -0.2) is 0 Å². The fourth-order valence-corrected chi connectivity index (χ4v) is 2.79. The number of aliphatic hydroxyl groups excluding tert-OH is 1. The van der Waals surface area contributed by atoms with Gasteiger partial charge in [-0.3, -0.25) is 0 Å². The first-order valence-corrected chi connectivity index (χ1v) is 7.55. The molecule has 0 saturated heterocycles. The Morgan fingerprint density at radius 1 is 1.35 bits per heavy atom. The Balaban J connectivity index is 1.99. The van der Waals surface area contributed by atoms with Crippen molar-refractivity contribution in [2.24, 2.45) is 0 Å². The Morgan fingerprint density at radius 3 is 2.65 bits per heavy atom. The van der Waals surface area contributed by atoms with Crippen LogP contribution in [0.1, 0.15) is 34.5 Å². The number of aliphatic hydroxyl groups is 1. The maximum Gasteiger partial charge on any atom is 0.100 e. The van der Waals surface area contributed by atoms with Crippen molar-refractivity contribution in [3.05, 3.63) is 57.3 Å². The molecule has 0 fully saturated rings. The van der Waals surface area contributed by atoms with Crippen molar-refractivity contribution < 1.29 is 5.11 Å². The number of rotatable bonds is 6. The minimum absolute atomic E-state index is 0.0575. The van der Waals surface area contributed by atoms with Crippen molar-refractivity contribution in [3.63, 3.8) is 0 Å². The lowest BCUT2D eigenvalue weighted by molar-refractivity contribution is 0.244. The normalized spacial score (nSPS) is 12.1. The summed E-state index contributed by atoms with van der Waals surface area (Å²) in [5, 5.41) is 23.5. The average Bonchev–Trinajstić information content (AvgIpc) is 2.96. The number of nitrogens with zero attached hydrogens (tertiary/aromatic N) is 1. The fourth-order valence-electron chi connectivity index (χ4n) is 2.03. The van der Waals surface area contributed by atoms with E-state index in [1.165, 1.54) is 5.56 Å². The highest BCUT2D eigenvalue weighted by molar-refractivity contribution is 7.10. The molecule has 1 aromatic carbocycles. The number of nitrogens with one attached hydrogen (secondary N) is 1. The van der Waals surface area contributed by atoms with Crippen LogP contribution in [0.15, 0.2) is 35.7 Å². The molecule has 0 aliphatic rings. The number of benzene rings is 1. The lowest BCUT2D eigenvalue weighted by atomic mass is 10.0. The van der Waals surface area contributed by atoms with E-state index in [9.17, 15) is 5.11 Å². The monoisotopic (exact) mass is 286 g/mol. The lowest BCUT2D eigenvalue weighted by Gasteiger charge is -2.16. The summed E-state index contributed by atoms with van der Waals surface area (Å²) in [5.74, 6) is 0. The zero-order chi connectivity index (χ0) is 14.4. The van der Waals surface area contributed by atoms with Gasteiger partial charge in [0, 0.05) is 16.8 Å². The second kappa shape index (κ2) is 7.20. The van der Waals surface area contributed by atoms with E-state index in [4.69, 9.17) is 5.26 Å². The molecule has 1 aromatic heterocycles. The molecule has 0 saturated carbocycles. The molecule has 0 aliphatic carbocycles. The third kappa shape index (κ3) is 3.67. The van der Waals surface area contributed by atoms with Gasteiger partial charge in [-0.15, -0.1) is 11.3 Å². The topological polar surface area (TPSA) is 56.0 Å². The molecule has 1 atom stereocenters. The molecule has 2 rings (SSSR count). The summed E-state index contributed by atoms with van der Waals surface area (Å²) in [6.07, 6.45) is 1.02. The summed E-state index contributed by atoms with van der Waals surface area (Å²) in [5.41, 5.74) is 3.07. The highest BCUT2D eigenvalue weighted by Crippen LogP contribution is 2.17. The number of thiophene rings is 1. The molecular formula is C16H18N2OS. The maximum atomic E-state index is 9.52. The largest absolute Gasteiger partial charge is 0.394 e. The average molecular weight is 286 g/mol. The van der Waals surface area contributed by atoms with Crippen molar-refractivity contribution >= 4 is 11.3 Å². The second-order valence-electron chi connectivity index (χ2n) is 4.62. The van der Waals surface area contributed by atoms with Crippen LogP contribution in [0.5, 0.6) is 0 Å². The van der Waals surface area contributed by atoms with Crippen LogP contribution in [0.4, 0.5) is 0 Å². The van der Waals surface area contributed by atoms with Gasteiger partial charge in [0.05, 0.1) is 18.2 Å². The van der Waals surface area contributed by atoms with Gasteiger partial charge in [0.15, 0.2) is 0 Å². The summed E-state index contributed by atoms with van der Waals surface area (Å²) in [6.45, 7) is 2.84. The van der Waals surface area contributed by atoms with Gasteiger partial charge in [-0.2, -0.15) is 5.26 Å². The highest BCUT2D eigenvalue weighted by atomic mass is 32.1. The summed E-state index contributed by atoms with van der Waals surface area (Å²) in [7, 11) is 0. The van der Waals surface area contributed by atoms with E-state index in [0.717, 1.165) is 16.9 Å². The Labute approximate surface area is 123 Å². The van der Waals surface area contributed by atoms with Crippen LogP contribution >= 0.6 is 11.3 Å². The SMILES string of the molecule is CCc1ccc(C(CO)NCc2cc(C#N)cs2)cc1. The van der Waals surface area contributed by atoms with E-state index in [2.05, 4.69) is 42.6 Å². The van der Waals surface area contributed by atoms with E-state index in [1.54, 1.807) is 11.3 Å². The van der Waals surface area contributed by atoms with Crippen LogP contribution in [0.25, 0.3) is 0 Å². The lowest BCUT2D eigenvalue weighted by Crippen LogP contribution is -2.23. The Hall–Kier alpha value is -1.67. The van der Waals surface area contributed by atoms with Gasteiger partial charge in [0.2, 0.25) is 0 Å². The predicted octanol–water partition coefficient (Wildman–Crippen LogP) is 3.01. The molecule has 3 nitrogen and oxygen atoms in total. The van der Waals surface area contributed by atoms with Crippen molar-refractivity contribution in [1.82, 2.24) is 5.32 Å². The van der Waals surface area contributed by atoms with E-state index < -0.39 is 0 Å². The quantitative estimate of drug-likeness (QED) is 0.858. The van der Waals surface area contributed by atoms with Crippen LogP contribution in [-0.4, -0.2) is 11.7 Å². The van der Waals surface area contributed by atoms with Gasteiger partial charge in [0.25, 0.3) is 0 Å². The van der Waals surface area contributed by atoms with Gasteiger partial charge in [-0.1, -0.05) is 31.2 Å². The first-order valence-electron chi connectivity index (χ1n) is 6.67. The molecule has 4 heteroatoms. The molecule has 1 heterocycles. The molecule has 2 N–H and O–H groups in total. The third-order valence-electron chi connectivity index (χ3n) is 3.28. The number of hydrogen-bond donors (Lipinski definition) is 2. The van der Waals surface area contributed by atoms with E-state index in [0.29, 0.717) is 12.1 Å². The molecule has 0 radical (unpaired) electrons. The number of hydrogen-bond acceptors (Lipinski definition) is 4. The van der Waals surface area contributed by atoms with Crippen LogP contribution in [0.2, 0.25) is 0 Å². The van der Waals surface area contributed by atoms with Crippen LogP contribution in [0.3, 0.4) is 0 Å². The summed E-state index contributed by atoms with van der Waals surface area (Å²) in [6, 6.07) is 12.2. The Bertz CT molecular complexity index is 583. The number of aryl methyl sites for hydroxylation is 1. The first-order chi connectivity index (χ1) is 9.76. The van der Waals surface area contributed by atoms with E-state index in [1.807, 2.05) is 11.4 Å². The highest BCUT2D eigenvalue weighted by Gasteiger charge is 2.10. The molecule has 1 unspecified atom stereocenters. The Morgan fingerprint density at radius 2 is 2.10 bits per heavy atom. The summed E-state index contributed by atoms with van der Waals surface area (Å²) >= 11 is 1.56. The molecule has 2 aromatic rings. The van der Waals surface area contributed by atoms with E-state index in [-0.39, 0.29) is 12.6 Å². The van der Waals surface area contributed by atoms with Crippen molar-refractivity contribution in [1.29, 1.82) is 5.26 Å². The summed E-state index contributed by atoms with van der Waals surface area (Å²) < 4.78 is 0. The fraction of sp³-hybridized carbons (Fsp3) is 0.312. The maximum absolute atomic E-state index is 9.52. The Kier molecular flexibility index (Phi) is 5.31. The van der Waals surface area contributed by atoms with E-state index >= 15 is 0 Å². The van der Waals surface area contributed by atoms with Gasteiger partial charge in [0.1, 0.15) is 6.07 Å². The van der Waals surface area contributed by atoms with Crippen LogP contribution in [-0.2, 0) is 13.0 Å². The third-order valence-corrected chi connectivity index (χ3v) is 4.22. The van der Waals surface area contributed by atoms with Crippen molar-refractivity contribution in [3.8, 4) is 6.07 Å². The smallest absolute Gasteiger partial charge is 0.100 e. The van der Waals surface area contributed by atoms with Gasteiger partial charge >= 0.3 is 0 Å². The zero-order valence-corrected chi connectivity index (χ0v) is 12.3. The molecule has 0 spiro atoms. The molecular weight excluding hydrogens is 268 g/mol. The summed E-state index contributed by atoms with van der Waals surface area (Å²) in [4.78, 5) is 1.10.